The van der Waals surface area contributed by atoms with Gasteiger partial charge in [-0.05, 0) is 11.1 Å². The molecule has 3 aromatic rings. The Morgan fingerprint density at radius 1 is 0.618 bits per heavy atom. The molecule has 0 N–H and O–H groups in total. The van der Waals surface area contributed by atoms with Crippen molar-refractivity contribution in [1.29, 1.82) is 0 Å². The predicted molar refractivity (Wildman–Crippen MR) is 105 cm³/mol. The average molecular weight is 480 g/mol. The first kappa shape index (κ1) is 23.3. The number of carbonyl (C=O) groups excluding carboxylic acids is 2. The zero-order valence-corrected chi connectivity index (χ0v) is 17.1. The van der Waals surface area contributed by atoms with Gasteiger partial charge in [0, 0.05) is 37.1 Å². The maximum atomic E-state index is 14.0. The number of carbonyl (C=O) groups is 2. The van der Waals surface area contributed by atoms with Gasteiger partial charge in [-0.15, -0.1) is 0 Å². The molecule has 34 heavy (non-hydrogen) atoms. The van der Waals surface area contributed by atoms with Crippen molar-refractivity contribution < 1.29 is 45.4 Å². The maximum absolute atomic E-state index is 14.0. The highest BCUT2D eigenvalue weighted by Crippen LogP contribution is 2.28. The monoisotopic (exact) mass is 480 g/mol. The van der Waals surface area contributed by atoms with Gasteiger partial charge in [0.25, 0.3) is 0 Å². The summed E-state index contributed by atoms with van der Waals surface area (Å²) >= 11 is 0. The van der Waals surface area contributed by atoms with Gasteiger partial charge in [-0.2, -0.15) is 0 Å². The minimum atomic E-state index is -1.50. The normalized spacial score (nSPS) is 17.1. The molecule has 0 bridgehead atoms. The molecule has 0 spiro atoms. The molecular formula is C24H14F6O4. The lowest BCUT2D eigenvalue weighted by atomic mass is 9.87. The Balaban J connectivity index is 1.63. The van der Waals surface area contributed by atoms with Crippen LogP contribution in [0.3, 0.4) is 0 Å². The third kappa shape index (κ3) is 4.61. The molecule has 0 saturated carbocycles. The fraction of sp³-hybridized carbons (Fsp3) is 0.167. The van der Waals surface area contributed by atoms with Gasteiger partial charge in [0.1, 0.15) is 58.2 Å². The minimum Gasteiger partial charge on any atom is -0.454 e. The van der Waals surface area contributed by atoms with Crippen LogP contribution in [0.25, 0.3) is 0 Å². The molecule has 0 radical (unpaired) electrons. The summed E-state index contributed by atoms with van der Waals surface area (Å²) in [4.78, 5) is 25.0. The summed E-state index contributed by atoms with van der Waals surface area (Å²) in [7, 11) is 0. The van der Waals surface area contributed by atoms with Crippen LogP contribution in [0.1, 0.15) is 31.8 Å². The van der Waals surface area contributed by atoms with Crippen LogP contribution < -0.4 is 0 Å². The van der Waals surface area contributed by atoms with Crippen LogP contribution in [0.5, 0.6) is 0 Å². The van der Waals surface area contributed by atoms with Gasteiger partial charge >= 0.3 is 11.9 Å². The van der Waals surface area contributed by atoms with Gasteiger partial charge < -0.3 is 9.47 Å². The van der Waals surface area contributed by atoms with Crippen molar-refractivity contribution in [3.05, 3.63) is 106 Å². The first-order valence-corrected chi connectivity index (χ1v) is 9.92. The van der Waals surface area contributed by atoms with E-state index in [9.17, 15) is 35.9 Å². The lowest BCUT2D eigenvalue weighted by molar-refractivity contribution is -0.0398. The van der Waals surface area contributed by atoms with Crippen molar-refractivity contribution in [3.8, 4) is 0 Å². The average Bonchev–Trinajstić information content (AvgIpc) is 2.72. The Morgan fingerprint density at radius 3 is 1.26 bits per heavy atom. The van der Waals surface area contributed by atoms with Crippen LogP contribution in [0.2, 0.25) is 0 Å². The van der Waals surface area contributed by atoms with Crippen molar-refractivity contribution >= 4 is 11.9 Å². The number of hydrogen-bond donors (Lipinski definition) is 0. The predicted octanol–water partition coefficient (Wildman–Crippen LogP) is 5.07. The van der Waals surface area contributed by atoms with Crippen LogP contribution >= 0.6 is 0 Å². The quantitative estimate of drug-likeness (QED) is 0.387. The number of halogens is 6. The zero-order chi connectivity index (χ0) is 24.6. The molecule has 4 rings (SSSR count). The van der Waals surface area contributed by atoms with Crippen molar-refractivity contribution in [2.45, 2.75) is 25.0 Å². The van der Waals surface area contributed by atoms with E-state index in [2.05, 4.69) is 0 Å². The van der Waals surface area contributed by atoms with Crippen LogP contribution in [0, 0.1) is 34.9 Å². The second-order valence-electron chi connectivity index (χ2n) is 7.55. The number of rotatable bonds is 4. The second-order valence-corrected chi connectivity index (χ2v) is 7.55. The molecule has 0 heterocycles. The molecule has 1 aliphatic rings. The molecule has 0 aliphatic heterocycles. The highest BCUT2D eigenvalue weighted by atomic mass is 19.2. The molecule has 3 aromatic carbocycles. The highest BCUT2D eigenvalue weighted by molar-refractivity contribution is 5.91. The topological polar surface area (TPSA) is 52.6 Å². The first-order chi connectivity index (χ1) is 16.1. The van der Waals surface area contributed by atoms with Gasteiger partial charge in [0.15, 0.2) is 0 Å². The van der Waals surface area contributed by atoms with E-state index in [0.717, 1.165) is 0 Å². The van der Waals surface area contributed by atoms with Crippen molar-refractivity contribution in [3.63, 3.8) is 0 Å². The van der Waals surface area contributed by atoms with E-state index in [1.54, 1.807) is 24.3 Å². The molecule has 1 aliphatic carbocycles. The smallest absolute Gasteiger partial charge is 0.344 e. The Labute approximate surface area is 188 Å². The molecule has 0 saturated heterocycles. The summed E-state index contributed by atoms with van der Waals surface area (Å²) in [6.07, 6.45) is -2.72. The van der Waals surface area contributed by atoms with E-state index in [4.69, 9.17) is 9.47 Å². The fourth-order valence-electron chi connectivity index (χ4n) is 3.75. The summed E-state index contributed by atoms with van der Waals surface area (Å²) in [6, 6.07) is 7.94. The van der Waals surface area contributed by atoms with Crippen molar-refractivity contribution in [1.82, 2.24) is 0 Å². The third-order valence-corrected chi connectivity index (χ3v) is 5.31. The maximum Gasteiger partial charge on any atom is 0.344 e. The lowest BCUT2D eigenvalue weighted by Crippen LogP contribution is -2.42. The molecule has 2 atom stereocenters. The number of esters is 2. The Bertz CT molecular complexity index is 1150. The molecule has 176 valence electrons. The van der Waals surface area contributed by atoms with Gasteiger partial charge in [-0.3, -0.25) is 0 Å². The van der Waals surface area contributed by atoms with Gasteiger partial charge in [-0.1, -0.05) is 24.3 Å². The summed E-state index contributed by atoms with van der Waals surface area (Å²) in [5, 5.41) is 0. The lowest BCUT2D eigenvalue weighted by Gasteiger charge is -2.32. The van der Waals surface area contributed by atoms with E-state index >= 15 is 0 Å². The Kier molecular flexibility index (Phi) is 6.32. The largest absolute Gasteiger partial charge is 0.454 e. The van der Waals surface area contributed by atoms with Crippen LogP contribution in [0.15, 0.2) is 48.5 Å². The van der Waals surface area contributed by atoms with E-state index in [-0.39, 0.29) is 12.8 Å². The van der Waals surface area contributed by atoms with E-state index < -0.39 is 70.2 Å². The van der Waals surface area contributed by atoms with Gasteiger partial charge in [-0.25, -0.2) is 35.9 Å². The fourth-order valence-corrected chi connectivity index (χ4v) is 3.75. The molecule has 0 aromatic heterocycles. The standard InChI is InChI=1S/C24H14F6O4/c25-13-7-15(27)21(16(28)8-13)23(31)33-19-5-11-3-1-2-4-12(11)6-20(19)34-24(32)22-17(29)9-14(26)10-18(22)30/h1-4,7-10,19-20H,5-6H2/t19-,20+. The molecule has 0 unspecified atom stereocenters. The SMILES string of the molecule is O=C(O[C@H]1Cc2ccccc2C[C@H]1OC(=O)c1c(F)cc(F)cc1F)c1c(F)cc(F)cc1F. The number of benzene rings is 3. The molecule has 10 heteroatoms. The van der Waals surface area contributed by atoms with Crippen LogP contribution in [-0.4, -0.2) is 24.1 Å². The van der Waals surface area contributed by atoms with Gasteiger partial charge in [0.2, 0.25) is 0 Å². The molecule has 0 fully saturated rings. The van der Waals surface area contributed by atoms with E-state index in [0.29, 0.717) is 35.4 Å². The number of ether oxygens (including phenoxy) is 2. The summed E-state index contributed by atoms with van der Waals surface area (Å²) in [5.41, 5.74) is -0.958. The van der Waals surface area contributed by atoms with E-state index in [1.165, 1.54) is 0 Å². The summed E-state index contributed by atoms with van der Waals surface area (Å²) in [6.45, 7) is 0. The Hall–Kier alpha value is -3.82. The first-order valence-electron chi connectivity index (χ1n) is 9.92. The van der Waals surface area contributed by atoms with Crippen molar-refractivity contribution in [2.24, 2.45) is 0 Å². The second kappa shape index (κ2) is 9.20. The molecular weight excluding hydrogens is 466 g/mol. The minimum absolute atomic E-state index is 0.0569. The summed E-state index contributed by atoms with van der Waals surface area (Å²) in [5.74, 6) is -11.4. The third-order valence-electron chi connectivity index (χ3n) is 5.31. The van der Waals surface area contributed by atoms with Gasteiger partial charge in [0.05, 0.1) is 0 Å². The van der Waals surface area contributed by atoms with Crippen LogP contribution in [0.4, 0.5) is 26.3 Å². The van der Waals surface area contributed by atoms with E-state index in [1.807, 2.05) is 0 Å². The number of hydrogen-bond acceptors (Lipinski definition) is 4. The highest BCUT2D eigenvalue weighted by Gasteiger charge is 2.37. The molecule has 0 amide bonds. The zero-order valence-electron chi connectivity index (χ0n) is 17.1. The van der Waals surface area contributed by atoms with Crippen molar-refractivity contribution in [2.75, 3.05) is 0 Å². The Morgan fingerprint density at radius 2 is 0.941 bits per heavy atom. The summed E-state index contributed by atoms with van der Waals surface area (Å²) < 4.78 is 92.9. The number of fused-ring (bicyclic) bond motifs is 1. The molecule has 4 nitrogen and oxygen atoms in total. The van der Waals surface area contributed by atoms with Crippen LogP contribution in [-0.2, 0) is 22.3 Å².